The molecule has 3 nitrogen and oxygen atoms in total. The third-order valence-corrected chi connectivity index (χ3v) is 9.65. The van der Waals surface area contributed by atoms with Crippen LogP contribution in [0.5, 0.6) is 0 Å². The summed E-state index contributed by atoms with van der Waals surface area (Å²) in [7, 11) is 0. The van der Waals surface area contributed by atoms with Crippen molar-refractivity contribution in [1.29, 1.82) is 0 Å². The number of benzene rings is 4. The Labute approximate surface area is 252 Å². The molecule has 202 valence electrons. The molecule has 5 heteroatoms. The molecular weight excluding hydrogens is 557 g/mol. The topological polar surface area (TPSA) is 57.5 Å². The number of aliphatic hydroxyl groups is 2. The number of aliphatic hydroxyl groups excluding tert-OH is 2. The summed E-state index contributed by atoms with van der Waals surface area (Å²) >= 11 is 3.10. The first-order valence-corrected chi connectivity index (χ1v) is 15.1. The van der Waals surface area contributed by atoms with Gasteiger partial charge in [0.05, 0.1) is 11.1 Å². The Bertz CT molecular complexity index is 1940. The fraction of sp³-hybridized carbons (Fsp3) is 0. The second-order valence-electron chi connectivity index (χ2n) is 10.00. The molecule has 0 saturated heterocycles. The van der Waals surface area contributed by atoms with Crippen molar-refractivity contribution in [2.75, 3.05) is 0 Å². The van der Waals surface area contributed by atoms with Crippen molar-refractivity contribution in [3.05, 3.63) is 176 Å². The second-order valence-corrected chi connectivity index (χ2v) is 12.2. The highest BCUT2D eigenvalue weighted by atomic mass is 32.2. The van der Waals surface area contributed by atoms with Crippen LogP contribution in [0, 0.1) is 0 Å². The average molecular weight is 581 g/mol. The Morgan fingerprint density at radius 1 is 0.500 bits per heavy atom. The SMILES string of the molecule is O=C1C(O)=C(/C=C2/Sc3ccccc3C=C2c2ccccc2)C(O)=C1/C=C1/Sc2ccccc2C=C1c1ccccc1. The lowest BCUT2D eigenvalue weighted by Crippen LogP contribution is -2.02. The minimum absolute atomic E-state index is 0.0783. The van der Waals surface area contributed by atoms with Crippen LogP contribution in [-0.4, -0.2) is 16.0 Å². The highest BCUT2D eigenvalue weighted by Gasteiger charge is 2.33. The lowest BCUT2D eigenvalue weighted by molar-refractivity contribution is -0.114. The summed E-state index contributed by atoms with van der Waals surface area (Å²) in [5.74, 6) is -1.27. The van der Waals surface area contributed by atoms with E-state index in [0.29, 0.717) is 0 Å². The van der Waals surface area contributed by atoms with Gasteiger partial charge in [-0.15, -0.1) is 0 Å². The van der Waals surface area contributed by atoms with E-state index in [0.717, 1.165) is 53.0 Å². The number of carbonyl (C=O) groups excluding carboxylic acids is 1. The first-order chi connectivity index (χ1) is 20.6. The van der Waals surface area contributed by atoms with Crippen LogP contribution in [0.1, 0.15) is 22.3 Å². The molecule has 2 aliphatic heterocycles. The maximum atomic E-state index is 13.4. The van der Waals surface area contributed by atoms with Gasteiger partial charge in [-0.2, -0.15) is 0 Å². The van der Waals surface area contributed by atoms with Crippen LogP contribution in [0.15, 0.2) is 164 Å². The van der Waals surface area contributed by atoms with Crippen molar-refractivity contribution in [3.63, 3.8) is 0 Å². The van der Waals surface area contributed by atoms with Gasteiger partial charge in [-0.25, -0.2) is 0 Å². The van der Waals surface area contributed by atoms with E-state index < -0.39 is 11.5 Å². The molecule has 7 rings (SSSR count). The van der Waals surface area contributed by atoms with Crippen molar-refractivity contribution in [2.45, 2.75) is 9.79 Å². The van der Waals surface area contributed by atoms with Gasteiger partial charge < -0.3 is 10.2 Å². The molecule has 4 aromatic carbocycles. The van der Waals surface area contributed by atoms with Crippen LogP contribution in [0.2, 0.25) is 0 Å². The number of thioether (sulfide) groups is 2. The predicted molar refractivity (Wildman–Crippen MR) is 174 cm³/mol. The molecule has 2 N–H and O–H groups in total. The van der Waals surface area contributed by atoms with Gasteiger partial charge in [-0.3, -0.25) is 4.79 Å². The summed E-state index contributed by atoms with van der Waals surface area (Å²) in [6.45, 7) is 0. The smallest absolute Gasteiger partial charge is 0.231 e. The molecule has 0 saturated carbocycles. The number of allylic oxidation sites excluding steroid dienone is 5. The number of ketones is 1. The molecule has 0 spiro atoms. The van der Waals surface area contributed by atoms with E-state index in [4.69, 9.17) is 0 Å². The zero-order valence-corrected chi connectivity index (χ0v) is 24.0. The summed E-state index contributed by atoms with van der Waals surface area (Å²) in [5.41, 5.74) is 6.32. The summed E-state index contributed by atoms with van der Waals surface area (Å²) in [6, 6.07) is 36.2. The lowest BCUT2D eigenvalue weighted by Gasteiger charge is -2.20. The van der Waals surface area contributed by atoms with Gasteiger partial charge in [-0.1, -0.05) is 121 Å². The fourth-order valence-corrected chi connectivity index (χ4v) is 7.42. The average Bonchev–Trinajstić information content (AvgIpc) is 3.23. The van der Waals surface area contributed by atoms with E-state index in [9.17, 15) is 15.0 Å². The highest BCUT2D eigenvalue weighted by molar-refractivity contribution is 8.04. The largest absolute Gasteiger partial charge is 0.506 e. The molecule has 4 aromatic rings. The minimum Gasteiger partial charge on any atom is -0.506 e. The van der Waals surface area contributed by atoms with Gasteiger partial charge in [0.1, 0.15) is 5.76 Å². The zero-order valence-electron chi connectivity index (χ0n) is 22.3. The van der Waals surface area contributed by atoms with E-state index >= 15 is 0 Å². The maximum absolute atomic E-state index is 13.4. The molecule has 0 radical (unpaired) electrons. The number of fused-ring (bicyclic) bond motifs is 2. The molecule has 2 heterocycles. The van der Waals surface area contributed by atoms with Gasteiger partial charge in [0.2, 0.25) is 5.78 Å². The van der Waals surface area contributed by atoms with Gasteiger partial charge in [-0.05, 0) is 69.8 Å². The second kappa shape index (κ2) is 10.9. The molecule has 42 heavy (non-hydrogen) atoms. The van der Waals surface area contributed by atoms with Crippen molar-refractivity contribution in [2.24, 2.45) is 0 Å². The first kappa shape index (κ1) is 26.2. The Hall–Kier alpha value is -4.71. The molecule has 3 aliphatic rings. The molecule has 0 bridgehead atoms. The quantitative estimate of drug-likeness (QED) is 0.252. The van der Waals surface area contributed by atoms with E-state index in [1.54, 1.807) is 35.7 Å². The van der Waals surface area contributed by atoms with Crippen molar-refractivity contribution >= 4 is 52.6 Å². The Morgan fingerprint density at radius 2 is 0.929 bits per heavy atom. The van der Waals surface area contributed by atoms with Gasteiger partial charge in [0.15, 0.2) is 5.76 Å². The van der Waals surface area contributed by atoms with Gasteiger partial charge in [0.25, 0.3) is 0 Å². The van der Waals surface area contributed by atoms with Crippen LogP contribution in [0.4, 0.5) is 0 Å². The molecule has 0 aromatic heterocycles. The summed E-state index contributed by atoms with van der Waals surface area (Å²) in [6.07, 6.45) is 7.65. The van der Waals surface area contributed by atoms with Crippen LogP contribution in [0.25, 0.3) is 23.3 Å². The number of carbonyl (C=O) groups is 1. The van der Waals surface area contributed by atoms with E-state index in [1.807, 2.05) is 97.1 Å². The summed E-state index contributed by atoms with van der Waals surface area (Å²) in [5, 5.41) is 22.5. The van der Waals surface area contributed by atoms with E-state index in [2.05, 4.69) is 24.3 Å². The third kappa shape index (κ3) is 4.77. The van der Waals surface area contributed by atoms with Gasteiger partial charge in [0, 0.05) is 19.6 Å². The maximum Gasteiger partial charge on any atom is 0.231 e. The highest BCUT2D eigenvalue weighted by Crippen LogP contribution is 2.48. The number of rotatable bonds is 4. The van der Waals surface area contributed by atoms with Crippen LogP contribution >= 0.6 is 23.5 Å². The van der Waals surface area contributed by atoms with Crippen LogP contribution in [-0.2, 0) is 4.79 Å². The number of Topliss-reactive ketones (excluding diaryl/α,β-unsaturated/α-hetero) is 1. The summed E-state index contributed by atoms with van der Waals surface area (Å²) < 4.78 is 0. The standard InChI is InChI=1S/C37H24O3S2/c38-35-29(21-33-27(23-11-3-1-4-12-23)19-25-15-7-9-17-31(25)41-33)36(39)37(40)30(35)22-34-28(24-13-5-2-6-14-24)20-26-16-8-10-18-32(26)42-34/h1-22,38H,(H,39,40)/b33-21+,34-22+. The van der Waals surface area contributed by atoms with Gasteiger partial charge >= 0.3 is 0 Å². The number of hydrogen-bond donors (Lipinski definition) is 2. The number of hydrogen-bond acceptors (Lipinski definition) is 5. The van der Waals surface area contributed by atoms with Crippen molar-refractivity contribution in [3.8, 4) is 0 Å². The fourth-order valence-electron chi connectivity index (χ4n) is 5.23. The van der Waals surface area contributed by atoms with E-state index in [1.165, 1.54) is 0 Å². The Balaban J connectivity index is 1.33. The van der Waals surface area contributed by atoms with Crippen LogP contribution < -0.4 is 0 Å². The minimum atomic E-state index is -0.592. The van der Waals surface area contributed by atoms with Crippen molar-refractivity contribution < 1.29 is 15.0 Å². The normalized spacial score (nSPS) is 18.2. The predicted octanol–water partition coefficient (Wildman–Crippen LogP) is 9.65. The molecule has 0 unspecified atom stereocenters. The molecule has 0 fully saturated rings. The molecule has 1 aliphatic carbocycles. The van der Waals surface area contributed by atoms with E-state index in [-0.39, 0.29) is 16.9 Å². The van der Waals surface area contributed by atoms with Crippen LogP contribution in [0.3, 0.4) is 0 Å². The van der Waals surface area contributed by atoms with Crippen molar-refractivity contribution in [1.82, 2.24) is 0 Å². The lowest BCUT2D eigenvalue weighted by atomic mass is 9.99. The Kier molecular flexibility index (Phi) is 6.82. The molecule has 0 atom stereocenters. The molecular formula is C37H24O3S2. The first-order valence-electron chi connectivity index (χ1n) is 13.5. The third-order valence-electron chi connectivity index (χ3n) is 7.35. The monoisotopic (exact) mass is 580 g/mol. The summed E-state index contributed by atoms with van der Waals surface area (Å²) in [4.78, 5) is 17.2. The zero-order chi connectivity index (χ0) is 28.6. The Morgan fingerprint density at radius 3 is 1.43 bits per heavy atom. The molecule has 0 amide bonds.